The Hall–Kier alpha value is -3.11. The number of benzene rings is 2. The van der Waals surface area contributed by atoms with Crippen molar-refractivity contribution < 1.29 is 22.1 Å². The average molecular weight is 357 g/mol. The second-order valence-electron chi connectivity index (χ2n) is 5.08. The van der Waals surface area contributed by atoms with E-state index in [1.54, 1.807) is 30.3 Å². The summed E-state index contributed by atoms with van der Waals surface area (Å²) in [5.41, 5.74) is 1.75. The number of aryl methyl sites for hydroxylation is 1. The van der Waals surface area contributed by atoms with Gasteiger partial charge in [0.1, 0.15) is 11.0 Å². The van der Waals surface area contributed by atoms with Crippen molar-refractivity contribution in [1.29, 1.82) is 5.26 Å². The molecule has 128 valence electrons. The number of hydrogen-bond acceptors (Lipinski definition) is 6. The zero-order chi connectivity index (χ0) is 18.4. The second kappa shape index (κ2) is 7.64. The molecule has 0 aromatic heterocycles. The van der Waals surface area contributed by atoms with Crippen LogP contribution in [0.5, 0.6) is 0 Å². The van der Waals surface area contributed by atoms with Gasteiger partial charge in [-0.1, -0.05) is 29.8 Å². The summed E-state index contributed by atoms with van der Waals surface area (Å²) in [5.74, 6) is -0.874. The molecular weight excluding hydrogens is 342 g/mol. The monoisotopic (exact) mass is 357 g/mol. The summed E-state index contributed by atoms with van der Waals surface area (Å²) in [6.07, 6.45) is 1.27. The molecule has 0 N–H and O–H groups in total. The van der Waals surface area contributed by atoms with E-state index in [4.69, 9.17) is 9.44 Å². The molecule has 0 saturated heterocycles. The van der Waals surface area contributed by atoms with Crippen LogP contribution in [0.15, 0.2) is 59.2 Å². The second-order valence-corrected chi connectivity index (χ2v) is 6.63. The number of ether oxygens (including phenoxy) is 1. The van der Waals surface area contributed by atoms with Gasteiger partial charge in [0.15, 0.2) is 0 Å². The smallest absolute Gasteiger partial charge is 0.339 e. The number of carbonyl (C=O) groups is 1. The number of nitrogens with zero attached hydrogens (tertiary/aromatic N) is 1. The van der Waals surface area contributed by atoms with Gasteiger partial charge in [-0.3, -0.25) is 0 Å². The Balaban J connectivity index is 2.24. The molecule has 25 heavy (non-hydrogen) atoms. The van der Waals surface area contributed by atoms with E-state index in [0.717, 1.165) is 5.56 Å². The summed E-state index contributed by atoms with van der Waals surface area (Å²) in [6, 6.07) is 13.9. The van der Waals surface area contributed by atoms with Crippen LogP contribution in [0.1, 0.15) is 21.5 Å². The lowest BCUT2D eigenvalue weighted by atomic mass is 10.1. The molecule has 0 aliphatic carbocycles. The Bertz CT molecular complexity index is 936. The van der Waals surface area contributed by atoms with Crippen LogP contribution in [0, 0.1) is 18.3 Å². The topological polar surface area (TPSA) is 93.5 Å². The minimum atomic E-state index is -4.10. The Morgan fingerprint density at radius 2 is 1.68 bits per heavy atom. The summed E-state index contributed by atoms with van der Waals surface area (Å²) in [4.78, 5) is 11.3. The van der Waals surface area contributed by atoms with Gasteiger partial charge in [0, 0.05) is 6.08 Å². The SMILES string of the molecule is COC(=O)c1ccc(C=C(C#N)OS(=O)(=O)c2ccc(C)cc2)cc1. The van der Waals surface area contributed by atoms with Crippen molar-refractivity contribution in [2.75, 3.05) is 7.11 Å². The Morgan fingerprint density at radius 1 is 1.08 bits per heavy atom. The maximum Gasteiger partial charge on any atom is 0.339 e. The highest BCUT2D eigenvalue weighted by Crippen LogP contribution is 2.18. The van der Waals surface area contributed by atoms with Gasteiger partial charge in [0.25, 0.3) is 0 Å². The van der Waals surface area contributed by atoms with Gasteiger partial charge in [0.05, 0.1) is 12.7 Å². The largest absolute Gasteiger partial charge is 0.465 e. The number of hydrogen-bond donors (Lipinski definition) is 0. The maximum absolute atomic E-state index is 12.2. The Kier molecular flexibility index (Phi) is 5.57. The fourth-order valence-corrected chi connectivity index (χ4v) is 2.82. The van der Waals surface area contributed by atoms with E-state index in [-0.39, 0.29) is 10.7 Å². The number of allylic oxidation sites excluding steroid dienone is 1. The van der Waals surface area contributed by atoms with Crippen molar-refractivity contribution in [3.8, 4) is 6.07 Å². The highest BCUT2D eigenvalue weighted by Gasteiger charge is 2.18. The molecule has 0 fully saturated rings. The molecule has 0 aliphatic heterocycles. The molecule has 0 aliphatic rings. The van der Waals surface area contributed by atoms with Crippen LogP contribution in [0.25, 0.3) is 6.08 Å². The van der Waals surface area contributed by atoms with Crippen LogP contribution in [0.2, 0.25) is 0 Å². The fourth-order valence-electron chi connectivity index (χ4n) is 1.93. The summed E-state index contributed by atoms with van der Waals surface area (Å²) in [7, 11) is -2.83. The lowest BCUT2D eigenvalue weighted by molar-refractivity contribution is 0.0600. The molecule has 0 atom stereocenters. The van der Waals surface area contributed by atoms with Crippen LogP contribution >= 0.6 is 0 Å². The van der Waals surface area contributed by atoms with Gasteiger partial charge in [0.2, 0.25) is 5.76 Å². The number of esters is 1. The van der Waals surface area contributed by atoms with Gasteiger partial charge in [-0.05, 0) is 36.8 Å². The van der Waals surface area contributed by atoms with Gasteiger partial charge in [-0.15, -0.1) is 0 Å². The predicted octanol–water partition coefficient (Wildman–Crippen LogP) is 3.05. The fraction of sp³-hybridized carbons (Fsp3) is 0.111. The molecule has 0 bridgehead atoms. The van der Waals surface area contributed by atoms with Crippen molar-refractivity contribution in [2.45, 2.75) is 11.8 Å². The highest BCUT2D eigenvalue weighted by atomic mass is 32.2. The van der Waals surface area contributed by atoms with Gasteiger partial charge < -0.3 is 8.92 Å². The zero-order valence-corrected chi connectivity index (χ0v) is 14.4. The Labute approximate surface area is 146 Å². The lowest BCUT2D eigenvalue weighted by Crippen LogP contribution is -2.05. The number of carbonyl (C=O) groups excluding carboxylic acids is 1. The number of rotatable bonds is 5. The van der Waals surface area contributed by atoms with Crippen LogP contribution in [-0.2, 0) is 19.0 Å². The van der Waals surface area contributed by atoms with E-state index < -0.39 is 16.1 Å². The molecule has 0 saturated carbocycles. The van der Waals surface area contributed by atoms with Crippen molar-refractivity contribution in [3.05, 3.63) is 71.0 Å². The molecule has 0 unspecified atom stereocenters. The summed E-state index contributed by atoms with van der Waals surface area (Å²) >= 11 is 0. The van der Waals surface area contributed by atoms with Gasteiger partial charge in [-0.25, -0.2) is 4.79 Å². The van der Waals surface area contributed by atoms with Crippen molar-refractivity contribution >= 4 is 22.2 Å². The van der Waals surface area contributed by atoms with E-state index >= 15 is 0 Å². The van der Waals surface area contributed by atoms with Crippen molar-refractivity contribution in [1.82, 2.24) is 0 Å². The molecule has 7 heteroatoms. The minimum absolute atomic E-state index is 0.0414. The third-order valence-corrected chi connectivity index (χ3v) is 4.50. The first-order valence-electron chi connectivity index (χ1n) is 7.17. The molecule has 2 rings (SSSR count). The molecule has 0 heterocycles. The van der Waals surface area contributed by atoms with Crippen molar-refractivity contribution in [2.24, 2.45) is 0 Å². The third kappa shape index (κ3) is 4.68. The van der Waals surface area contributed by atoms with E-state index in [0.29, 0.717) is 11.1 Å². The molecule has 6 nitrogen and oxygen atoms in total. The third-order valence-electron chi connectivity index (χ3n) is 3.25. The first kappa shape index (κ1) is 18.2. The van der Waals surface area contributed by atoms with E-state index in [2.05, 4.69) is 4.74 Å². The molecule has 0 spiro atoms. The molecule has 2 aromatic carbocycles. The molecular formula is C18H15NO5S. The minimum Gasteiger partial charge on any atom is -0.465 e. The first-order chi connectivity index (χ1) is 11.9. The van der Waals surface area contributed by atoms with Crippen LogP contribution in [0.4, 0.5) is 0 Å². The molecule has 2 aromatic rings. The molecule has 0 radical (unpaired) electrons. The predicted molar refractivity (Wildman–Crippen MR) is 90.8 cm³/mol. The van der Waals surface area contributed by atoms with Crippen molar-refractivity contribution in [3.63, 3.8) is 0 Å². The summed E-state index contributed by atoms with van der Waals surface area (Å²) < 4.78 is 33.9. The lowest BCUT2D eigenvalue weighted by Gasteiger charge is -2.06. The maximum atomic E-state index is 12.2. The first-order valence-corrected chi connectivity index (χ1v) is 8.58. The standard InChI is InChI=1S/C18H15NO5S/c1-13-3-9-17(10-4-13)25(21,22)24-16(12-19)11-14-5-7-15(8-6-14)18(20)23-2/h3-11H,1-2H3. The molecule has 0 amide bonds. The van der Waals surface area contributed by atoms with Crippen LogP contribution in [-0.4, -0.2) is 21.5 Å². The zero-order valence-electron chi connectivity index (χ0n) is 13.6. The number of nitriles is 1. The quantitative estimate of drug-likeness (QED) is 0.353. The van der Waals surface area contributed by atoms with Gasteiger partial charge >= 0.3 is 16.1 Å². The van der Waals surface area contributed by atoms with Gasteiger partial charge in [-0.2, -0.15) is 13.7 Å². The normalized spacial score (nSPS) is 11.5. The average Bonchev–Trinajstić information content (AvgIpc) is 2.61. The number of methoxy groups -OCH3 is 1. The summed E-state index contributed by atoms with van der Waals surface area (Å²) in [5, 5.41) is 9.14. The van der Waals surface area contributed by atoms with E-state index in [9.17, 15) is 13.2 Å². The van der Waals surface area contributed by atoms with E-state index in [1.807, 2.05) is 6.92 Å². The van der Waals surface area contributed by atoms with E-state index in [1.165, 1.54) is 37.5 Å². The van der Waals surface area contributed by atoms with Crippen LogP contribution in [0.3, 0.4) is 0 Å². The van der Waals surface area contributed by atoms with Crippen LogP contribution < -0.4 is 0 Å². The highest BCUT2D eigenvalue weighted by molar-refractivity contribution is 7.86. The summed E-state index contributed by atoms with van der Waals surface area (Å²) in [6.45, 7) is 1.83. The Morgan fingerprint density at radius 3 is 2.20 bits per heavy atom.